The molecule has 1 atom stereocenters. The molecule has 0 heterocycles. The van der Waals surface area contributed by atoms with Crippen LogP contribution in [0.5, 0.6) is 5.75 Å². The van der Waals surface area contributed by atoms with Crippen molar-refractivity contribution in [3.63, 3.8) is 0 Å². The molecule has 0 aliphatic heterocycles. The van der Waals surface area contributed by atoms with Gasteiger partial charge in [-0.2, -0.15) is 0 Å². The van der Waals surface area contributed by atoms with Crippen LogP contribution in [0.3, 0.4) is 0 Å². The number of ether oxygens (including phenoxy) is 1. The maximum Gasteiger partial charge on any atom is 0.138 e. The van der Waals surface area contributed by atoms with Crippen molar-refractivity contribution in [2.75, 3.05) is 13.7 Å². The third-order valence-electron chi connectivity index (χ3n) is 1.78. The molecular formula is C9H12BrNO2. The zero-order chi connectivity index (χ0) is 9.84. The van der Waals surface area contributed by atoms with E-state index in [0.717, 1.165) is 4.47 Å². The molecule has 0 radical (unpaired) electrons. The topological polar surface area (TPSA) is 55.5 Å². The highest BCUT2D eigenvalue weighted by Gasteiger charge is 2.13. The van der Waals surface area contributed by atoms with Crippen molar-refractivity contribution in [1.82, 2.24) is 0 Å². The number of rotatable bonds is 3. The van der Waals surface area contributed by atoms with E-state index >= 15 is 0 Å². The van der Waals surface area contributed by atoms with Gasteiger partial charge >= 0.3 is 0 Å². The van der Waals surface area contributed by atoms with Gasteiger partial charge in [0, 0.05) is 12.1 Å². The van der Waals surface area contributed by atoms with Gasteiger partial charge in [-0.05, 0) is 22.0 Å². The van der Waals surface area contributed by atoms with E-state index in [4.69, 9.17) is 10.5 Å². The van der Waals surface area contributed by atoms with Gasteiger partial charge in [0.15, 0.2) is 0 Å². The predicted octanol–water partition coefficient (Wildman–Crippen LogP) is 1.45. The molecule has 0 spiro atoms. The van der Waals surface area contributed by atoms with Crippen LogP contribution in [0, 0.1) is 0 Å². The molecular weight excluding hydrogens is 234 g/mol. The van der Waals surface area contributed by atoms with Crippen LogP contribution in [0.4, 0.5) is 0 Å². The number of halogens is 1. The number of hydrogen-bond acceptors (Lipinski definition) is 3. The summed E-state index contributed by atoms with van der Waals surface area (Å²) in [5.41, 5.74) is 6.06. The first-order valence-electron chi connectivity index (χ1n) is 3.91. The van der Waals surface area contributed by atoms with Crippen LogP contribution < -0.4 is 10.5 Å². The normalized spacial score (nSPS) is 12.6. The Labute approximate surface area is 85.6 Å². The Kier molecular flexibility index (Phi) is 3.71. The van der Waals surface area contributed by atoms with Gasteiger partial charge in [0.1, 0.15) is 5.75 Å². The Hall–Kier alpha value is -0.580. The van der Waals surface area contributed by atoms with Gasteiger partial charge in [0.2, 0.25) is 0 Å². The smallest absolute Gasteiger partial charge is 0.138 e. The van der Waals surface area contributed by atoms with Crippen molar-refractivity contribution in [3.05, 3.63) is 28.2 Å². The number of hydrogen-bond donors (Lipinski definition) is 2. The lowest BCUT2D eigenvalue weighted by Gasteiger charge is -2.13. The van der Waals surface area contributed by atoms with Gasteiger partial charge in [-0.1, -0.05) is 12.1 Å². The molecule has 1 aromatic carbocycles. The van der Waals surface area contributed by atoms with Crippen molar-refractivity contribution >= 4 is 15.9 Å². The van der Waals surface area contributed by atoms with E-state index in [2.05, 4.69) is 15.9 Å². The Bertz CT molecular complexity index is 291. The number of aliphatic hydroxyl groups excluding tert-OH is 1. The van der Waals surface area contributed by atoms with Gasteiger partial charge < -0.3 is 15.6 Å². The van der Waals surface area contributed by atoms with Gasteiger partial charge in [-0.25, -0.2) is 0 Å². The standard InChI is InChI=1S/C9H12BrNO2/c1-13-9-6(8(12)5-11)3-2-4-7(9)10/h2-4,8,12H,5,11H2,1H3/t8-/m1/s1. The summed E-state index contributed by atoms with van der Waals surface area (Å²) in [5.74, 6) is 0.639. The monoisotopic (exact) mass is 245 g/mol. The second-order valence-corrected chi connectivity index (χ2v) is 3.47. The van der Waals surface area contributed by atoms with Crippen LogP contribution in [0.25, 0.3) is 0 Å². The van der Waals surface area contributed by atoms with Crippen molar-refractivity contribution in [3.8, 4) is 5.75 Å². The molecule has 0 amide bonds. The lowest BCUT2D eigenvalue weighted by Crippen LogP contribution is -2.12. The third kappa shape index (κ3) is 2.21. The molecule has 1 rings (SSSR count). The average molecular weight is 246 g/mol. The Morgan fingerprint density at radius 1 is 1.62 bits per heavy atom. The number of aliphatic hydroxyl groups is 1. The fourth-order valence-electron chi connectivity index (χ4n) is 1.13. The number of benzene rings is 1. The first-order valence-corrected chi connectivity index (χ1v) is 4.70. The van der Waals surface area contributed by atoms with Crippen LogP contribution in [0.2, 0.25) is 0 Å². The van der Waals surface area contributed by atoms with Crippen LogP contribution >= 0.6 is 15.9 Å². The molecule has 0 saturated carbocycles. The molecule has 0 fully saturated rings. The predicted molar refractivity (Wildman–Crippen MR) is 54.7 cm³/mol. The molecule has 3 N–H and O–H groups in total. The fraction of sp³-hybridized carbons (Fsp3) is 0.333. The van der Waals surface area contributed by atoms with E-state index in [1.54, 1.807) is 13.2 Å². The van der Waals surface area contributed by atoms with E-state index in [0.29, 0.717) is 11.3 Å². The lowest BCUT2D eigenvalue weighted by molar-refractivity contribution is 0.182. The molecule has 0 saturated heterocycles. The van der Waals surface area contributed by atoms with E-state index < -0.39 is 6.10 Å². The molecule has 72 valence electrons. The molecule has 0 unspecified atom stereocenters. The maximum absolute atomic E-state index is 9.54. The largest absolute Gasteiger partial charge is 0.495 e. The second kappa shape index (κ2) is 4.60. The first kappa shape index (κ1) is 10.5. The molecule has 13 heavy (non-hydrogen) atoms. The van der Waals surface area contributed by atoms with E-state index in [1.165, 1.54) is 0 Å². The summed E-state index contributed by atoms with van der Waals surface area (Å²) in [5, 5.41) is 9.54. The van der Waals surface area contributed by atoms with Crippen LogP contribution in [0.1, 0.15) is 11.7 Å². The molecule has 4 heteroatoms. The van der Waals surface area contributed by atoms with Crippen LogP contribution in [0.15, 0.2) is 22.7 Å². The van der Waals surface area contributed by atoms with E-state index in [-0.39, 0.29) is 6.54 Å². The third-order valence-corrected chi connectivity index (χ3v) is 2.41. The van der Waals surface area contributed by atoms with Gasteiger partial charge in [-0.15, -0.1) is 0 Å². The fourth-order valence-corrected chi connectivity index (χ4v) is 1.67. The van der Waals surface area contributed by atoms with E-state index in [9.17, 15) is 5.11 Å². The minimum Gasteiger partial charge on any atom is -0.495 e. The van der Waals surface area contributed by atoms with Crippen molar-refractivity contribution in [2.24, 2.45) is 5.73 Å². The van der Waals surface area contributed by atoms with Crippen molar-refractivity contribution in [1.29, 1.82) is 0 Å². The van der Waals surface area contributed by atoms with Crippen LogP contribution in [-0.4, -0.2) is 18.8 Å². The van der Waals surface area contributed by atoms with Gasteiger partial charge in [0.05, 0.1) is 17.7 Å². The summed E-state index contributed by atoms with van der Waals surface area (Å²) in [6.45, 7) is 0.187. The zero-order valence-corrected chi connectivity index (χ0v) is 8.91. The van der Waals surface area contributed by atoms with Crippen molar-refractivity contribution < 1.29 is 9.84 Å². The summed E-state index contributed by atoms with van der Waals surface area (Å²) in [4.78, 5) is 0. The summed E-state index contributed by atoms with van der Waals surface area (Å²) in [7, 11) is 1.56. The maximum atomic E-state index is 9.54. The number of methoxy groups -OCH3 is 1. The highest BCUT2D eigenvalue weighted by Crippen LogP contribution is 2.32. The molecule has 0 aliphatic rings. The molecule has 3 nitrogen and oxygen atoms in total. The molecule has 0 aromatic heterocycles. The molecule has 0 bridgehead atoms. The molecule has 0 aliphatic carbocycles. The number of nitrogens with two attached hydrogens (primary N) is 1. The Balaban J connectivity index is 3.12. The SMILES string of the molecule is COc1c(Br)cccc1[C@H](O)CN. The Morgan fingerprint density at radius 3 is 2.85 bits per heavy atom. The minimum absolute atomic E-state index is 0.187. The second-order valence-electron chi connectivity index (χ2n) is 2.61. The average Bonchev–Trinajstić information content (AvgIpc) is 2.16. The number of para-hydroxylation sites is 1. The van der Waals surface area contributed by atoms with Crippen LogP contribution in [-0.2, 0) is 0 Å². The summed E-state index contributed by atoms with van der Waals surface area (Å²) in [6.07, 6.45) is -0.674. The first-order chi connectivity index (χ1) is 6.20. The summed E-state index contributed by atoms with van der Waals surface area (Å²) >= 11 is 3.33. The summed E-state index contributed by atoms with van der Waals surface area (Å²) in [6, 6.07) is 5.48. The minimum atomic E-state index is -0.674. The highest BCUT2D eigenvalue weighted by molar-refractivity contribution is 9.10. The zero-order valence-electron chi connectivity index (χ0n) is 7.33. The van der Waals surface area contributed by atoms with Gasteiger partial charge in [0.25, 0.3) is 0 Å². The molecule has 1 aromatic rings. The highest BCUT2D eigenvalue weighted by atomic mass is 79.9. The van der Waals surface area contributed by atoms with E-state index in [1.807, 2.05) is 12.1 Å². The summed E-state index contributed by atoms with van der Waals surface area (Å²) < 4.78 is 5.96. The van der Waals surface area contributed by atoms with Gasteiger partial charge in [-0.3, -0.25) is 0 Å². The Morgan fingerprint density at radius 2 is 2.31 bits per heavy atom. The quantitative estimate of drug-likeness (QED) is 0.848. The van der Waals surface area contributed by atoms with Crippen molar-refractivity contribution in [2.45, 2.75) is 6.10 Å². The lowest BCUT2D eigenvalue weighted by atomic mass is 10.1.